The van der Waals surface area contributed by atoms with Crippen LogP contribution in [0.15, 0.2) is 69.9 Å². The van der Waals surface area contributed by atoms with Gasteiger partial charge in [-0.3, -0.25) is 4.79 Å². The Morgan fingerprint density at radius 3 is 2.00 bits per heavy atom. The number of benzene rings is 3. The van der Waals surface area contributed by atoms with Crippen LogP contribution in [0.1, 0.15) is 86.3 Å². The van der Waals surface area contributed by atoms with Crippen molar-refractivity contribution in [3.8, 4) is 11.1 Å². The topological polar surface area (TPSA) is 59.3 Å². The Morgan fingerprint density at radius 2 is 1.44 bits per heavy atom. The molecule has 4 rings (SSSR count). The minimum absolute atomic E-state index is 0.0942. The molecule has 0 aliphatic rings. The average Bonchev–Trinajstić information content (AvgIpc) is 2.83. The van der Waals surface area contributed by atoms with Gasteiger partial charge in [-0.15, -0.1) is 0 Å². The lowest BCUT2D eigenvalue weighted by molar-refractivity contribution is 0.102. The molecule has 3 aromatic carbocycles. The highest BCUT2D eigenvalue weighted by Gasteiger charge is 2.25. The second-order valence-electron chi connectivity index (χ2n) is 10.1. The molecule has 1 heterocycles. The highest BCUT2D eigenvalue weighted by molar-refractivity contribution is 6.13. The zero-order valence-corrected chi connectivity index (χ0v) is 21.6. The third-order valence-corrected chi connectivity index (χ3v) is 6.57. The highest BCUT2D eigenvalue weighted by atomic mass is 19.1. The molecular formula is C31H32FNO3. The maximum Gasteiger partial charge on any atom is 0.349 e. The second kappa shape index (κ2) is 10.1. The van der Waals surface area contributed by atoms with Crippen molar-refractivity contribution in [2.75, 3.05) is 5.32 Å². The molecule has 5 heteroatoms. The van der Waals surface area contributed by atoms with Crippen molar-refractivity contribution in [2.24, 2.45) is 0 Å². The second-order valence-corrected chi connectivity index (χ2v) is 10.1. The van der Waals surface area contributed by atoms with Crippen LogP contribution in [-0.2, 0) is 0 Å². The molecule has 0 atom stereocenters. The van der Waals surface area contributed by atoms with Crippen molar-refractivity contribution in [3.05, 3.63) is 99.2 Å². The summed E-state index contributed by atoms with van der Waals surface area (Å²) in [6.07, 6.45) is 0. The molecular weight excluding hydrogens is 453 g/mol. The number of rotatable bonds is 6. The Balaban J connectivity index is 1.99. The molecule has 4 nitrogen and oxygen atoms in total. The van der Waals surface area contributed by atoms with Crippen LogP contribution < -0.4 is 10.9 Å². The van der Waals surface area contributed by atoms with Crippen molar-refractivity contribution in [1.82, 2.24) is 0 Å². The first kappa shape index (κ1) is 25.4. The van der Waals surface area contributed by atoms with Crippen LogP contribution in [0.25, 0.3) is 22.1 Å². The molecule has 0 fully saturated rings. The van der Waals surface area contributed by atoms with E-state index in [1.54, 1.807) is 18.2 Å². The number of halogens is 1. The van der Waals surface area contributed by atoms with Crippen LogP contribution in [0.4, 0.5) is 10.1 Å². The maximum absolute atomic E-state index is 13.9. The highest BCUT2D eigenvalue weighted by Crippen LogP contribution is 2.36. The van der Waals surface area contributed by atoms with Crippen LogP contribution >= 0.6 is 0 Å². The van der Waals surface area contributed by atoms with E-state index >= 15 is 0 Å². The predicted octanol–water partition coefficient (Wildman–Crippen LogP) is 8.22. The molecule has 0 unspecified atom stereocenters. The van der Waals surface area contributed by atoms with Crippen molar-refractivity contribution in [3.63, 3.8) is 0 Å². The third-order valence-electron chi connectivity index (χ3n) is 6.57. The molecule has 1 N–H and O–H groups in total. The number of hydrogen-bond acceptors (Lipinski definition) is 3. The summed E-state index contributed by atoms with van der Waals surface area (Å²) < 4.78 is 19.4. The number of nitrogens with one attached hydrogen (secondary N) is 1. The molecule has 0 spiro atoms. The number of carbonyl (C=O) groups is 1. The lowest BCUT2D eigenvalue weighted by Crippen LogP contribution is -2.24. The number of carbonyl (C=O) groups excluding carboxylic acids is 1. The Bertz CT molecular complexity index is 1450. The van der Waals surface area contributed by atoms with Crippen molar-refractivity contribution in [2.45, 2.75) is 59.3 Å². The molecule has 0 bridgehead atoms. The van der Waals surface area contributed by atoms with Gasteiger partial charge in [0.15, 0.2) is 0 Å². The summed E-state index contributed by atoms with van der Waals surface area (Å²) in [5, 5.41) is 3.69. The van der Waals surface area contributed by atoms with Crippen LogP contribution in [0.3, 0.4) is 0 Å². The standard InChI is InChI=1S/C31H32FNO3/c1-17(2)21-12-15-26-25(16-21)27(20-10-13-22(32)14-11-20)28(31(35)36-26)30(34)33-29-23(18(3)4)8-7-9-24(29)19(5)6/h7-19H,1-6H3,(H,33,34). The van der Waals surface area contributed by atoms with E-state index in [0.29, 0.717) is 27.8 Å². The molecule has 4 aromatic rings. The zero-order valence-electron chi connectivity index (χ0n) is 21.6. The number of para-hydroxylation sites is 1. The lowest BCUT2D eigenvalue weighted by Gasteiger charge is -2.21. The van der Waals surface area contributed by atoms with Crippen LogP contribution in [0.5, 0.6) is 0 Å². The van der Waals surface area contributed by atoms with Crippen molar-refractivity contribution in [1.29, 1.82) is 0 Å². The van der Waals surface area contributed by atoms with E-state index in [0.717, 1.165) is 16.7 Å². The molecule has 36 heavy (non-hydrogen) atoms. The van der Waals surface area contributed by atoms with E-state index in [-0.39, 0.29) is 23.3 Å². The molecule has 0 saturated heterocycles. The first-order chi connectivity index (χ1) is 17.1. The molecule has 1 aromatic heterocycles. The fourth-order valence-electron chi connectivity index (χ4n) is 4.57. The summed E-state index contributed by atoms with van der Waals surface area (Å²) in [6.45, 7) is 12.4. The third kappa shape index (κ3) is 4.83. The first-order valence-corrected chi connectivity index (χ1v) is 12.4. The Morgan fingerprint density at radius 1 is 0.833 bits per heavy atom. The van der Waals surface area contributed by atoms with Gasteiger partial charge in [0.2, 0.25) is 0 Å². The summed E-state index contributed by atoms with van der Waals surface area (Å²) in [7, 11) is 0. The average molecular weight is 486 g/mol. The van der Waals surface area contributed by atoms with E-state index in [1.807, 2.05) is 30.3 Å². The summed E-state index contributed by atoms with van der Waals surface area (Å²) in [5.74, 6) is -0.386. The van der Waals surface area contributed by atoms with E-state index in [1.165, 1.54) is 12.1 Å². The monoisotopic (exact) mass is 485 g/mol. The number of amides is 1. The Labute approximate surface area is 211 Å². The number of fused-ring (bicyclic) bond motifs is 1. The van der Waals surface area contributed by atoms with Crippen LogP contribution in [0, 0.1) is 5.82 Å². The fraction of sp³-hybridized carbons (Fsp3) is 0.290. The Hall–Kier alpha value is -3.73. The summed E-state index contributed by atoms with van der Waals surface area (Å²) in [6, 6.07) is 17.4. The first-order valence-electron chi connectivity index (χ1n) is 12.4. The molecule has 0 radical (unpaired) electrons. The van der Waals surface area contributed by atoms with Gasteiger partial charge in [-0.2, -0.15) is 0 Å². The van der Waals surface area contributed by atoms with E-state index in [2.05, 4.69) is 46.9 Å². The van der Waals surface area contributed by atoms with Gasteiger partial charge in [-0.25, -0.2) is 9.18 Å². The molecule has 186 valence electrons. The number of anilines is 1. The van der Waals surface area contributed by atoms with Gasteiger partial charge in [0, 0.05) is 16.6 Å². The maximum atomic E-state index is 13.9. The van der Waals surface area contributed by atoms with Gasteiger partial charge in [0.25, 0.3) is 5.91 Å². The summed E-state index contributed by atoms with van der Waals surface area (Å²) in [5.41, 5.74) is 4.30. The predicted molar refractivity (Wildman–Crippen MR) is 145 cm³/mol. The molecule has 1 amide bonds. The summed E-state index contributed by atoms with van der Waals surface area (Å²) in [4.78, 5) is 27.1. The zero-order chi connectivity index (χ0) is 26.1. The minimum Gasteiger partial charge on any atom is -0.422 e. The quantitative estimate of drug-likeness (QED) is 0.280. The van der Waals surface area contributed by atoms with Gasteiger partial charge in [-0.05, 0) is 64.3 Å². The smallest absolute Gasteiger partial charge is 0.349 e. The van der Waals surface area contributed by atoms with Gasteiger partial charge < -0.3 is 9.73 Å². The molecule has 0 aliphatic carbocycles. The van der Waals surface area contributed by atoms with E-state index < -0.39 is 17.3 Å². The van der Waals surface area contributed by atoms with Crippen molar-refractivity contribution < 1.29 is 13.6 Å². The largest absolute Gasteiger partial charge is 0.422 e. The van der Waals surface area contributed by atoms with Gasteiger partial charge >= 0.3 is 5.63 Å². The lowest BCUT2D eigenvalue weighted by atomic mass is 9.91. The number of hydrogen-bond donors (Lipinski definition) is 1. The molecule has 0 saturated carbocycles. The van der Waals surface area contributed by atoms with Crippen LogP contribution in [0.2, 0.25) is 0 Å². The van der Waals surface area contributed by atoms with E-state index in [9.17, 15) is 14.0 Å². The van der Waals surface area contributed by atoms with Crippen molar-refractivity contribution >= 4 is 22.6 Å². The van der Waals surface area contributed by atoms with Gasteiger partial charge in [-0.1, -0.05) is 77.9 Å². The molecule has 0 aliphatic heterocycles. The van der Waals surface area contributed by atoms with Crippen LogP contribution in [-0.4, -0.2) is 5.91 Å². The Kier molecular flexibility index (Phi) is 7.11. The minimum atomic E-state index is -0.732. The van der Waals surface area contributed by atoms with Gasteiger partial charge in [0.05, 0.1) is 0 Å². The van der Waals surface area contributed by atoms with Gasteiger partial charge in [0.1, 0.15) is 17.0 Å². The SMILES string of the molecule is CC(C)c1ccc2oc(=O)c(C(=O)Nc3c(C(C)C)cccc3C(C)C)c(-c3ccc(F)cc3)c2c1. The summed E-state index contributed by atoms with van der Waals surface area (Å²) >= 11 is 0. The normalized spacial score (nSPS) is 11.6. The fourth-order valence-corrected chi connectivity index (χ4v) is 4.57. The van der Waals surface area contributed by atoms with E-state index in [4.69, 9.17) is 4.42 Å².